The second-order valence-corrected chi connectivity index (χ2v) is 6.73. The Morgan fingerprint density at radius 3 is 2.60 bits per heavy atom. The lowest BCUT2D eigenvalue weighted by molar-refractivity contribution is 0.103. The number of nitrogens with zero attached hydrogens (tertiary/aromatic N) is 2. The van der Waals surface area contributed by atoms with Crippen LogP contribution in [0.15, 0.2) is 67.1 Å². The Bertz CT molecular complexity index is 1020. The second kappa shape index (κ2) is 6.53. The maximum Gasteiger partial charge on any atom is 0.267 e. The van der Waals surface area contributed by atoms with Crippen molar-refractivity contribution in [1.29, 1.82) is 0 Å². The highest BCUT2D eigenvalue weighted by molar-refractivity contribution is 7.21. The summed E-state index contributed by atoms with van der Waals surface area (Å²) in [6.45, 7) is 2.11. The first kappa shape index (κ1) is 15.6. The van der Waals surface area contributed by atoms with Gasteiger partial charge in [-0.2, -0.15) is 0 Å². The lowest BCUT2D eigenvalue weighted by atomic mass is 10.1. The molecule has 0 saturated carbocycles. The van der Waals surface area contributed by atoms with Crippen LogP contribution in [0, 0.1) is 0 Å². The van der Waals surface area contributed by atoms with E-state index in [1.54, 1.807) is 6.20 Å². The molecular formula is C20H17N3OS. The molecule has 0 bridgehead atoms. The van der Waals surface area contributed by atoms with Crippen molar-refractivity contribution in [3.05, 3.63) is 77.6 Å². The zero-order chi connectivity index (χ0) is 17.2. The normalized spacial score (nSPS) is 10.9. The predicted molar refractivity (Wildman–Crippen MR) is 103 cm³/mol. The van der Waals surface area contributed by atoms with Gasteiger partial charge in [0.05, 0.1) is 5.69 Å². The van der Waals surface area contributed by atoms with Crippen LogP contribution in [0.4, 0.5) is 5.69 Å². The number of pyridine rings is 1. The van der Waals surface area contributed by atoms with E-state index in [0.29, 0.717) is 4.88 Å². The van der Waals surface area contributed by atoms with Crippen molar-refractivity contribution in [2.24, 2.45) is 0 Å². The Morgan fingerprint density at radius 2 is 1.88 bits per heavy atom. The van der Waals surface area contributed by atoms with Gasteiger partial charge < -0.3 is 9.88 Å². The largest absolute Gasteiger partial charge is 0.322 e. The number of amides is 1. The van der Waals surface area contributed by atoms with E-state index in [1.807, 2.05) is 65.5 Å². The predicted octanol–water partition coefficient (Wildman–Crippen LogP) is 4.90. The molecule has 25 heavy (non-hydrogen) atoms. The highest BCUT2D eigenvalue weighted by atomic mass is 32.1. The van der Waals surface area contributed by atoms with Crippen molar-refractivity contribution in [3.8, 4) is 5.69 Å². The summed E-state index contributed by atoms with van der Waals surface area (Å²) >= 11 is 1.41. The zero-order valence-corrected chi connectivity index (χ0v) is 14.6. The van der Waals surface area contributed by atoms with Crippen LogP contribution in [0.5, 0.6) is 0 Å². The third-order valence-electron chi connectivity index (χ3n) is 4.13. The van der Waals surface area contributed by atoms with Crippen LogP contribution in [0.2, 0.25) is 0 Å². The van der Waals surface area contributed by atoms with E-state index in [4.69, 9.17) is 0 Å². The number of rotatable bonds is 4. The van der Waals surface area contributed by atoms with Gasteiger partial charge in [-0.05, 0) is 48.4 Å². The molecule has 1 N–H and O–H groups in total. The molecule has 4 rings (SSSR count). The fourth-order valence-corrected chi connectivity index (χ4v) is 3.86. The van der Waals surface area contributed by atoms with E-state index in [9.17, 15) is 4.79 Å². The first-order valence-electron chi connectivity index (χ1n) is 8.17. The number of aryl methyl sites for hydroxylation is 1. The van der Waals surface area contributed by atoms with Crippen molar-refractivity contribution in [2.75, 3.05) is 5.32 Å². The summed E-state index contributed by atoms with van der Waals surface area (Å²) in [4.78, 5) is 18.8. The van der Waals surface area contributed by atoms with Crippen LogP contribution in [-0.2, 0) is 6.42 Å². The topological polar surface area (TPSA) is 46.9 Å². The average molecular weight is 347 g/mol. The summed E-state index contributed by atoms with van der Waals surface area (Å²) in [6, 6.07) is 15.8. The molecule has 0 unspecified atom stereocenters. The Morgan fingerprint density at radius 1 is 1.12 bits per heavy atom. The van der Waals surface area contributed by atoms with Gasteiger partial charge in [0.15, 0.2) is 0 Å². The van der Waals surface area contributed by atoms with E-state index in [2.05, 4.69) is 17.2 Å². The fourth-order valence-electron chi connectivity index (χ4n) is 2.83. The lowest BCUT2D eigenvalue weighted by Gasteiger charge is -2.08. The van der Waals surface area contributed by atoms with Gasteiger partial charge in [-0.1, -0.05) is 19.1 Å². The van der Waals surface area contributed by atoms with E-state index in [1.165, 1.54) is 16.9 Å². The van der Waals surface area contributed by atoms with Gasteiger partial charge in [-0.3, -0.25) is 4.79 Å². The van der Waals surface area contributed by atoms with E-state index < -0.39 is 0 Å². The lowest BCUT2D eigenvalue weighted by Crippen LogP contribution is -2.12. The number of anilines is 1. The van der Waals surface area contributed by atoms with Gasteiger partial charge in [0.2, 0.25) is 0 Å². The minimum atomic E-state index is -0.115. The molecule has 0 atom stereocenters. The van der Waals surface area contributed by atoms with Crippen LogP contribution >= 0.6 is 11.3 Å². The maximum absolute atomic E-state index is 12.9. The van der Waals surface area contributed by atoms with E-state index in [-0.39, 0.29) is 5.91 Å². The average Bonchev–Trinajstić information content (AvgIpc) is 3.29. The highest BCUT2D eigenvalue weighted by Crippen LogP contribution is 2.33. The molecule has 1 amide bonds. The quantitative estimate of drug-likeness (QED) is 0.571. The number of carbonyl (C=O) groups is 1. The van der Waals surface area contributed by atoms with E-state index >= 15 is 0 Å². The number of nitrogens with one attached hydrogen (secondary N) is 1. The SMILES string of the molecule is CCc1ccc(NC(=O)c2sc3ncccc3c2-n2cccc2)cc1. The first-order valence-corrected chi connectivity index (χ1v) is 8.99. The van der Waals surface area contributed by atoms with Crippen LogP contribution in [0.25, 0.3) is 15.9 Å². The van der Waals surface area contributed by atoms with Crippen molar-refractivity contribution >= 4 is 33.1 Å². The monoisotopic (exact) mass is 347 g/mol. The number of thiophene rings is 1. The van der Waals surface area contributed by atoms with Gasteiger partial charge in [-0.15, -0.1) is 11.3 Å². The second-order valence-electron chi connectivity index (χ2n) is 5.73. The van der Waals surface area contributed by atoms with Crippen LogP contribution in [0.3, 0.4) is 0 Å². The molecule has 3 heterocycles. The molecule has 0 aliphatic carbocycles. The molecule has 3 aromatic heterocycles. The van der Waals surface area contributed by atoms with Crippen molar-refractivity contribution in [1.82, 2.24) is 9.55 Å². The standard InChI is InChI=1S/C20H17N3OS/c1-2-14-7-9-15(10-8-14)22-19(24)18-17(23-12-3-4-13-23)16-6-5-11-21-20(16)25-18/h3-13H,2H2,1H3,(H,22,24). The molecule has 0 radical (unpaired) electrons. The maximum atomic E-state index is 12.9. The molecule has 0 fully saturated rings. The Kier molecular flexibility index (Phi) is 4.07. The summed E-state index contributed by atoms with van der Waals surface area (Å²) < 4.78 is 1.97. The minimum absolute atomic E-state index is 0.115. The van der Waals surface area contributed by atoms with Gasteiger partial charge in [0, 0.05) is 29.7 Å². The molecule has 5 heteroatoms. The van der Waals surface area contributed by atoms with Crippen molar-refractivity contribution in [3.63, 3.8) is 0 Å². The Balaban J connectivity index is 1.75. The van der Waals surface area contributed by atoms with Crippen molar-refractivity contribution in [2.45, 2.75) is 13.3 Å². The molecular weight excluding hydrogens is 330 g/mol. The van der Waals surface area contributed by atoms with Crippen LogP contribution < -0.4 is 5.32 Å². The van der Waals surface area contributed by atoms with E-state index in [0.717, 1.165) is 28.0 Å². The highest BCUT2D eigenvalue weighted by Gasteiger charge is 2.20. The molecule has 4 aromatic rings. The first-order chi connectivity index (χ1) is 12.3. The van der Waals surface area contributed by atoms with Gasteiger partial charge in [-0.25, -0.2) is 4.98 Å². The number of aromatic nitrogens is 2. The zero-order valence-electron chi connectivity index (χ0n) is 13.8. The van der Waals surface area contributed by atoms with Gasteiger partial charge in [0.1, 0.15) is 9.71 Å². The summed E-state index contributed by atoms with van der Waals surface area (Å²) in [5, 5.41) is 3.98. The van der Waals surface area contributed by atoms with Crippen molar-refractivity contribution < 1.29 is 4.79 Å². The number of fused-ring (bicyclic) bond motifs is 1. The smallest absolute Gasteiger partial charge is 0.267 e. The number of benzene rings is 1. The molecule has 0 aliphatic rings. The van der Waals surface area contributed by atoms with Crippen LogP contribution in [0.1, 0.15) is 22.2 Å². The summed E-state index contributed by atoms with van der Waals surface area (Å²) in [6.07, 6.45) is 6.63. The van der Waals surface area contributed by atoms with Gasteiger partial charge in [0.25, 0.3) is 5.91 Å². The molecule has 4 nitrogen and oxygen atoms in total. The Hall–Kier alpha value is -2.92. The number of carbonyl (C=O) groups excluding carboxylic acids is 1. The number of hydrogen-bond acceptors (Lipinski definition) is 3. The summed E-state index contributed by atoms with van der Waals surface area (Å²) in [7, 11) is 0. The Labute approximate surface area is 149 Å². The van der Waals surface area contributed by atoms with Crippen LogP contribution in [-0.4, -0.2) is 15.5 Å². The molecule has 0 saturated heterocycles. The summed E-state index contributed by atoms with van der Waals surface area (Å²) in [5.74, 6) is -0.115. The third-order valence-corrected chi connectivity index (χ3v) is 5.23. The molecule has 0 spiro atoms. The molecule has 124 valence electrons. The minimum Gasteiger partial charge on any atom is -0.322 e. The summed E-state index contributed by atoms with van der Waals surface area (Å²) in [5.41, 5.74) is 2.92. The van der Waals surface area contributed by atoms with Gasteiger partial charge >= 0.3 is 0 Å². The third kappa shape index (κ3) is 2.94. The number of hydrogen-bond donors (Lipinski definition) is 1. The fraction of sp³-hybridized carbons (Fsp3) is 0.100. The molecule has 0 aliphatic heterocycles. The molecule has 1 aromatic carbocycles.